The summed E-state index contributed by atoms with van der Waals surface area (Å²) in [6, 6.07) is 56.8. The summed E-state index contributed by atoms with van der Waals surface area (Å²) < 4.78 is 99.2. The van der Waals surface area contributed by atoms with E-state index in [1.165, 1.54) is 73.7 Å². The van der Waals surface area contributed by atoms with E-state index in [1.54, 1.807) is 172 Å². The van der Waals surface area contributed by atoms with Crippen molar-refractivity contribution in [2.24, 2.45) is 5.73 Å². The smallest absolute Gasteiger partial charge is 0.243 e. The van der Waals surface area contributed by atoms with Crippen LogP contribution < -0.4 is 11.1 Å². The van der Waals surface area contributed by atoms with E-state index < -0.39 is 56.4 Å². The lowest BCUT2D eigenvalue weighted by molar-refractivity contribution is -0.526. The zero-order valence-electron chi connectivity index (χ0n) is 51.0. The maximum absolute atomic E-state index is 12.6. The largest absolute Gasteiger partial charge is 0.400 e. The van der Waals surface area contributed by atoms with Crippen molar-refractivity contribution in [1.82, 2.24) is 15.1 Å². The number of carbonyl (C=O) groups excluding carboxylic acids is 1. The second-order valence-electron chi connectivity index (χ2n) is 19.9. The molecule has 0 bridgehead atoms. The number of rotatable bonds is 18. The van der Waals surface area contributed by atoms with Gasteiger partial charge in [0.2, 0.25) is 51.1 Å². The van der Waals surface area contributed by atoms with Gasteiger partial charge in [-0.05, 0) is 163 Å². The van der Waals surface area contributed by atoms with Gasteiger partial charge in [-0.15, -0.1) is 0 Å². The molecule has 0 aliphatic carbocycles. The fraction of sp³-hybridized carbons (Fsp3) is 0.215. The molecule has 0 heterocycles. The van der Waals surface area contributed by atoms with Crippen LogP contribution in [0.15, 0.2) is 263 Å². The van der Waals surface area contributed by atoms with Gasteiger partial charge in [-0.25, -0.2) is 33.7 Å². The normalized spacial score (nSPS) is 12.8. The molecule has 0 spiro atoms. The topological polar surface area (TPSA) is 305 Å². The Morgan fingerprint density at radius 3 is 0.910 bits per heavy atom. The van der Waals surface area contributed by atoms with E-state index in [2.05, 4.69) is 5.32 Å². The SMILES string of the molecule is C/C(=C/c1ccc(S(=O)(=O)c2ccccc2)cc1)[N+](=O)[O-].CNC.CO.C[C@@H]([C@H](c1ccc(S(=O)(=O)c2ccccc2)cc1)N(C)C)[N+](=O)[O-].C[C@H](N)[C@H](c1ccc(S(=O)(=O)c2ccccc2)cc1)N(C)C.O=Cc1ccc(S(=O)(=O)c2ccccc2)cc1. The number of aliphatic hydroxyl groups is 1. The zero-order chi connectivity index (χ0) is 66.7. The minimum atomic E-state index is -3.59. The lowest BCUT2D eigenvalue weighted by Crippen LogP contribution is -2.35. The number of hydrogen-bond acceptors (Lipinski definition) is 18. The van der Waals surface area contributed by atoms with E-state index in [0.717, 1.165) is 12.7 Å². The number of benzene rings is 8. The maximum Gasteiger partial charge on any atom is 0.243 e. The number of allylic oxidation sites excluding steroid dienone is 1. The van der Waals surface area contributed by atoms with Crippen molar-refractivity contribution < 1.29 is 53.4 Å². The number of aliphatic hydroxyl groups excluding tert-OH is 1. The van der Waals surface area contributed by atoms with Crippen LogP contribution in [0.25, 0.3) is 6.08 Å². The first-order valence-electron chi connectivity index (χ1n) is 27.2. The molecule has 8 aromatic rings. The molecular formula is C65H76N6O14S4. The summed E-state index contributed by atoms with van der Waals surface area (Å²) in [7, 11) is -1.89. The fourth-order valence-corrected chi connectivity index (χ4v) is 13.7. The van der Waals surface area contributed by atoms with Gasteiger partial charge in [0.05, 0.1) is 44.1 Å². The van der Waals surface area contributed by atoms with Gasteiger partial charge in [0.25, 0.3) is 0 Å². The van der Waals surface area contributed by atoms with Gasteiger partial charge in [-0.3, -0.25) is 29.9 Å². The van der Waals surface area contributed by atoms with Crippen LogP contribution in [0.4, 0.5) is 0 Å². The summed E-state index contributed by atoms with van der Waals surface area (Å²) in [5.41, 5.74) is 8.77. The van der Waals surface area contributed by atoms with Crippen molar-refractivity contribution >= 4 is 51.7 Å². The Bertz CT molecular complexity index is 3970. The van der Waals surface area contributed by atoms with Crippen molar-refractivity contribution in [3.8, 4) is 0 Å². The van der Waals surface area contributed by atoms with Crippen LogP contribution in [-0.2, 0) is 39.3 Å². The average Bonchev–Trinajstić information content (AvgIpc) is 2.92. The third-order valence-electron chi connectivity index (χ3n) is 12.9. The van der Waals surface area contributed by atoms with Gasteiger partial charge in [-0.1, -0.05) is 121 Å². The molecule has 8 aromatic carbocycles. The molecule has 0 aromatic heterocycles. The highest BCUT2D eigenvalue weighted by atomic mass is 32.2. The number of hydrogen-bond donors (Lipinski definition) is 3. The molecule has 0 saturated carbocycles. The molecule has 0 radical (unpaired) electrons. The summed E-state index contributed by atoms with van der Waals surface area (Å²) in [5, 5.41) is 31.4. The second kappa shape index (κ2) is 35.5. The van der Waals surface area contributed by atoms with Gasteiger partial charge >= 0.3 is 0 Å². The molecule has 0 amide bonds. The highest BCUT2D eigenvalue weighted by molar-refractivity contribution is 7.92. The summed E-state index contributed by atoms with van der Waals surface area (Å²) in [4.78, 5) is 36.9. The molecule has 4 atom stereocenters. The summed E-state index contributed by atoms with van der Waals surface area (Å²) in [6.45, 7) is 4.87. The van der Waals surface area contributed by atoms with E-state index in [1.807, 2.05) is 52.1 Å². The molecular weight excluding hydrogens is 1220 g/mol. The van der Waals surface area contributed by atoms with E-state index in [9.17, 15) is 58.7 Å². The minimum absolute atomic E-state index is 0.00586. The first kappa shape index (κ1) is 74.8. The number of carbonyl (C=O) groups is 1. The van der Waals surface area contributed by atoms with Crippen LogP contribution in [-0.4, -0.2) is 126 Å². The molecule has 474 valence electrons. The molecule has 0 aliphatic rings. The monoisotopic (exact) mass is 1290 g/mol. The Morgan fingerprint density at radius 2 is 0.685 bits per heavy atom. The first-order chi connectivity index (χ1) is 42.0. The van der Waals surface area contributed by atoms with E-state index >= 15 is 0 Å². The Kier molecular flexibility index (Phi) is 29.9. The molecule has 89 heavy (non-hydrogen) atoms. The zero-order valence-corrected chi connectivity index (χ0v) is 54.3. The van der Waals surface area contributed by atoms with Gasteiger partial charge in [-0.2, -0.15) is 0 Å². The highest BCUT2D eigenvalue weighted by Gasteiger charge is 2.31. The number of nitrogens with one attached hydrogen (secondary N) is 1. The molecule has 0 saturated heterocycles. The highest BCUT2D eigenvalue weighted by Crippen LogP contribution is 2.29. The lowest BCUT2D eigenvalue weighted by Gasteiger charge is -2.28. The van der Waals surface area contributed by atoms with E-state index in [0.29, 0.717) is 32.8 Å². The van der Waals surface area contributed by atoms with Crippen LogP contribution in [0, 0.1) is 20.2 Å². The third-order valence-corrected chi connectivity index (χ3v) is 20.0. The van der Waals surface area contributed by atoms with Gasteiger partial charge in [0.1, 0.15) is 12.3 Å². The molecule has 24 heteroatoms. The Labute approximate surface area is 523 Å². The van der Waals surface area contributed by atoms with E-state index in [4.69, 9.17) is 10.8 Å². The predicted molar refractivity (Wildman–Crippen MR) is 345 cm³/mol. The van der Waals surface area contributed by atoms with Crippen molar-refractivity contribution in [2.45, 2.75) is 84.1 Å². The van der Waals surface area contributed by atoms with Crippen LogP contribution in [0.5, 0.6) is 0 Å². The van der Waals surface area contributed by atoms with Crippen LogP contribution >= 0.6 is 0 Å². The number of nitrogens with two attached hydrogens (primary N) is 1. The summed E-state index contributed by atoms with van der Waals surface area (Å²) in [5.74, 6) is 0. The van der Waals surface area contributed by atoms with Gasteiger partial charge in [0.15, 0.2) is 0 Å². The van der Waals surface area contributed by atoms with Crippen molar-refractivity contribution in [3.63, 3.8) is 0 Å². The van der Waals surface area contributed by atoms with Gasteiger partial charge < -0.3 is 21.1 Å². The minimum Gasteiger partial charge on any atom is -0.400 e. The number of nitro groups is 2. The number of aldehydes is 1. The first-order valence-corrected chi connectivity index (χ1v) is 33.1. The number of nitrogens with zero attached hydrogens (tertiary/aromatic N) is 4. The molecule has 4 N–H and O–H groups in total. The predicted octanol–water partition coefficient (Wildman–Crippen LogP) is 10.2. The summed E-state index contributed by atoms with van der Waals surface area (Å²) >= 11 is 0. The average molecular weight is 1290 g/mol. The van der Waals surface area contributed by atoms with Crippen molar-refractivity contribution in [3.05, 3.63) is 267 Å². The third kappa shape index (κ3) is 21.4. The molecule has 20 nitrogen and oxygen atoms in total. The Hall–Kier alpha value is -8.43. The van der Waals surface area contributed by atoms with E-state index in [-0.39, 0.29) is 52.1 Å². The van der Waals surface area contributed by atoms with Gasteiger partial charge in [0, 0.05) is 49.6 Å². The number of likely N-dealkylation sites (N-methyl/N-ethyl adjacent to an activating group) is 2. The molecule has 0 unspecified atom stereocenters. The fourth-order valence-electron chi connectivity index (χ4n) is 8.59. The van der Waals surface area contributed by atoms with Crippen LogP contribution in [0.3, 0.4) is 0 Å². The molecule has 0 aliphatic heterocycles. The quantitative estimate of drug-likeness (QED) is 0.0408. The van der Waals surface area contributed by atoms with Crippen molar-refractivity contribution in [1.29, 1.82) is 0 Å². The Balaban J connectivity index is 0.000000304. The number of sulfone groups is 4. The summed E-state index contributed by atoms with van der Waals surface area (Å²) in [6.07, 6.45) is 2.07. The van der Waals surface area contributed by atoms with Crippen LogP contribution in [0.2, 0.25) is 0 Å². The lowest BCUT2D eigenvalue weighted by atomic mass is 10.00. The standard InChI is InChI=1S/C17H20N2O4S.C17H22N2O2S.C15H13NO4S.C13H10O3S.C2H7N.CH4O/c1-13(19(20)21)17(18(2)3)14-9-11-16(12-10-14)24(22,23)15-7-5-4-6-8-15;1-13(18)17(19(2)3)14-9-11-16(12-10-14)22(20,21)15-7-5-4-6-8-15;1-12(16(17)18)11-13-7-9-15(10-8-13)21(19,20)14-5-3-2-4-6-14;14-10-11-6-8-13(9-7-11)17(15,16)12-4-2-1-3-5-12;1-3-2;1-2/h4-13,17H,1-3H3;4-13,17H,18H2,1-3H3;2-11H,1H3;1-10H;3H,1-2H3;2H,1H3/b;;12-11-;;;/t2*13-,17+;;;;/m00..../s1. The molecule has 0 fully saturated rings. The molecule has 8 rings (SSSR count). The van der Waals surface area contributed by atoms with Crippen LogP contribution in [0.1, 0.15) is 59.9 Å². The second-order valence-corrected chi connectivity index (χ2v) is 27.7. The van der Waals surface area contributed by atoms with Crippen molar-refractivity contribution in [2.75, 3.05) is 49.4 Å². The Morgan fingerprint density at radius 1 is 0.449 bits per heavy atom. The maximum atomic E-state index is 12.6.